The minimum Gasteiger partial charge on any atom is -0.313 e. The highest BCUT2D eigenvalue weighted by Crippen LogP contribution is 2.02. The Morgan fingerprint density at radius 3 is 2.31 bits per heavy atom. The van der Waals surface area contributed by atoms with Crippen LogP contribution in [-0.4, -0.2) is 62.2 Å². The van der Waals surface area contributed by atoms with E-state index in [1.54, 1.807) is 0 Å². The van der Waals surface area contributed by atoms with E-state index in [0.717, 1.165) is 12.5 Å². The molecule has 1 rings (SSSR count). The van der Waals surface area contributed by atoms with Crippen molar-refractivity contribution in [1.82, 2.24) is 15.1 Å². The van der Waals surface area contributed by atoms with E-state index < -0.39 is 0 Å². The molecule has 0 aromatic heterocycles. The van der Waals surface area contributed by atoms with Crippen molar-refractivity contribution in [2.75, 3.05) is 46.3 Å². The van der Waals surface area contributed by atoms with Gasteiger partial charge in [-0.25, -0.2) is 0 Å². The summed E-state index contributed by atoms with van der Waals surface area (Å²) in [5.41, 5.74) is 0. The van der Waals surface area contributed by atoms with Gasteiger partial charge in [-0.2, -0.15) is 0 Å². The Balaban J connectivity index is 2.11. The lowest BCUT2D eigenvalue weighted by molar-refractivity contribution is 0.143. The van der Waals surface area contributed by atoms with Gasteiger partial charge in [0, 0.05) is 38.8 Å². The van der Waals surface area contributed by atoms with E-state index in [2.05, 4.69) is 42.9 Å². The Bertz CT molecular complexity index is 176. The average Bonchev–Trinajstić information content (AvgIpc) is 2.29. The predicted octanol–water partition coefficient (Wildman–Crippen LogP) is 1.26. The van der Waals surface area contributed by atoms with Gasteiger partial charge in [0.2, 0.25) is 0 Å². The summed E-state index contributed by atoms with van der Waals surface area (Å²) in [6, 6.07) is 0.623. The molecule has 1 fully saturated rings. The molecule has 1 N–H and O–H groups in total. The molecule has 0 aromatic rings. The summed E-state index contributed by atoms with van der Waals surface area (Å²) in [4.78, 5) is 4.99. The minimum atomic E-state index is 0.623. The Morgan fingerprint density at radius 2 is 1.75 bits per heavy atom. The first-order valence-electron chi connectivity index (χ1n) is 6.76. The SMILES string of the molecule is CCC(C)CNC(C)CN1CCN(C)CC1. The van der Waals surface area contributed by atoms with E-state index in [0.29, 0.717) is 6.04 Å². The maximum atomic E-state index is 3.64. The van der Waals surface area contributed by atoms with E-state index in [9.17, 15) is 0 Å². The number of likely N-dealkylation sites (N-methyl/N-ethyl adjacent to an activating group) is 1. The lowest BCUT2D eigenvalue weighted by Gasteiger charge is -2.34. The number of hydrogen-bond donors (Lipinski definition) is 1. The minimum absolute atomic E-state index is 0.623. The summed E-state index contributed by atoms with van der Waals surface area (Å²) < 4.78 is 0. The van der Waals surface area contributed by atoms with Crippen molar-refractivity contribution in [3.8, 4) is 0 Å². The van der Waals surface area contributed by atoms with Gasteiger partial charge < -0.3 is 10.2 Å². The first-order valence-corrected chi connectivity index (χ1v) is 6.76. The molecule has 2 unspecified atom stereocenters. The molecule has 1 heterocycles. The third-order valence-corrected chi connectivity index (χ3v) is 3.64. The fourth-order valence-electron chi connectivity index (χ4n) is 2.03. The second-order valence-corrected chi connectivity index (χ2v) is 5.43. The van der Waals surface area contributed by atoms with Gasteiger partial charge in [0.15, 0.2) is 0 Å². The Morgan fingerprint density at radius 1 is 1.12 bits per heavy atom. The zero-order valence-corrected chi connectivity index (χ0v) is 11.5. The molecule has 0 amide bonds. The van der Waals surface area contributed by atoms with E-state index in [1.165, 1.54) is 39.1 Å². The van der Waals surface area contributed by atoms with Crippen LogP contribution in [0.15, 0.2) is 0 Å². The standard InChI is InChI=1S/C13H29N3/c1-5-12(2)10-14-13(3)11-16-8-6-15(4)7-9-16/h12-14H,5-11H2,1-4H3. The third kappa shape index (κ3) is 5.28. The smallest absolute Gasteiger partial charge is 0.0166 e. The Kier molecular flexibility index (Phi) is 6.32. The highest BCUT2D eigenvalue weighted by atomic mass is 15.3. The van der Waals surface area contributed by atoms with Crippen molar-refractivity contribution in [2.24, 2.45) is 5.92 Å². The fourth-order valence-corrected chi connectivity index (χ4v) is 2.03. The second kappa shape index (κ2) is 7.25. The van der Waals surface area contributed by atoms with E-state index in [1.807, 2.05) is 0 Å². The molecule has 1 aliphatic rings. The van der Waals surface area contributed by atoms with E-state index in [-0.39, 0.29) is 0 Å². The van der Waals surface area contributed by atoms with Crippen LogP contribution in [0.1, 0.15) is 27.2 Å². The molecule has 0 radical (unpaired) electrons. The fraction of sp³-hybridized carbons (Fsp3) is 1.00. The Hall–Kier alpha value is -0.120. The monoisotopic (exact) mass is 227 g/mol. The summed E-state index contributed by atoms with van der Waals surface area (Å²) in [5.74, 6) is 0.801. The summed E-state index contributed by atoms with van der Waals surface area (Å²) in [7, 11) is 2.21. The normalized spacial score (nSPS) is 23.2. The van der Waals surface area contributed by atoms with Crippen LogP contribution in [-0.2, 0) is 0 Å². The highest BCUT2D eigenvalue weighted by Gasteiger charge is 2.15. The van der Waals surface area contributed by atoms with Gasteiger partial charge >= 0.3 is 0 Å². The maximum absolute atomic E-state index is 3.64. The number of rotatable bonds is 6. The molecular formula is C13H29N3. The highest BCUT2D eigenvalue weighted by molar-refractivity contribution is 4.74. The van der Waals surface area contributed by atoms with Gasteiger partial charge in [-0.05, 0) is 26.4 Å². The van der Waals surface area contributed by atoms with Gasteiger partial charge in [0.25, 0.3) is 0 Å². The molecule has 2 atom stereocenters. The lowest BCUT2D eigenvalue weighted by atomic mass is 10.1. The number of piperazine rings is 1. The van der Waals surface area contributed by atoms with Crippen LogP contribution in [0, 0.1) is 5.92 Å². The number of nitrogens with one attached hydrogen (secondary N) is 1. The van der Waals surface area contributed by atoms with Gasteiger partial charge in [-0.15, -0.1) is 0 Å². The summed E-state index contributed by atoms with van der Waals surface area (Å²) in [6.45, 7) is 14.1. The lowest BCUT2D eigenvalue weighted by Crippen LogP contribution is -2.49. The number of hydrogen-bond acceptors (Lipinski definition) is 3. The molecule has 0 aromatic carbocycles. The van der Waals surface area contributed by atoms with E-state index in [4.69, 9.17) is 0 Å². The van der Waals surface area contributed by atoms with Crippen LogP contribution < -0.4 is 5.32 Å². The molecule has 3 nitrogen and oxygen atoms in total. The first-order chi connectivity index (χ1) is 7.61. The van der Waals surface area contributed by atoms with Crippen LogP contribution in [0.2, 0.25) is 0 Å². The van der Waals surface area contributed by atoms with Gasteiger partial charge in [0.1, 0.15) is 0 Å². The molecule has 1 aliphatic heterocycles. The van der Waals surface area contributed by atoms with Crippen LogP contribution in [0.5, 0.6) is 0 Å². The Labute approximate surface area is 101 Å². The molecule has 0 aliphatic carbocycles. The third-order valence-electron chi connectivity index (χ3n) is 3.64. The van der Waals surface area contributed by atoms with Crippen molar-refractivity contribution in [2.45, 2.75) is 33.2 Å². The molecule has 0 bridgehead atoms. The molecule has 0 spiro atoms. The van der Waals surface area contributed by atoms with Gasteiger partial charge in [-0.1, -0.05) is 20.3 Å². The molecular weight excluding hydrogens is 198 g/mol. The maximum Gasteiger partial charge on any atom is 0.0166 e. The van der Waals surface area contributed by atoms with Crippen molar-refractivity contribution >= 4 is 0 Å². The van der Waals surface area contributed by atoms with Crippen LogP contribution in [0.4, 0.5) is 0 Å². The molecule has 1 saturated heterocycles. The topological polar surface area (TPSA) is 18.5 Å². The second-order valence-electron chi connectivity index (χ2n) is 5.43. The largest absolute Gasteiger partial charge is 0.313 e. The number of nitrogens with zero attached hydrogens (tertiary/aromatic N) is 2. The van der Waals surface area contributed by atoms with Crippen LogP contribution in [0.3, 0.4) is 0 Å². The van der Waals surface area contributed by atoms with Gasteiger partial charge in [-0.3, -0.25) is 4.90 Å². The van der Waals surface area contributed by atoms with Crippen molar-refractivity contribution in [3.05, 3.63) is 0 Å². The predicted molar refractivity (Wildman–Crippen MR) is 70.9 cm³/mol. The molecule has 16 heavy (non-hydrogen) atoms. The van der Waals surface area contributed by atoms with E-state index >= 15 is 0 Å². The van der Waals surface area contributed by atoms with Gasteiger partial charge in [0.05, 0.1) is 0 Å². The summed E-state index contributed by atoms with van der Waals surface area (Å²) in [6.07, 6.45) is 1.27. The van der Waals surface area contributed by atoms with Crippen molar-refractivity contribution in [1.29, 1.82) is 0 Å². The summed E-state index contributed by atoms with van der Waals surface area (Å²) in [5, 5.41) is 3.64. The molecule has 96 valence electrons. The summed E-state index contributed by atoms with van der Waals surface area (Å²) >= 11 is 0. The van der Waals surface area contributed by atoms with Crippen molar-refractivity contribution in [3.63, 3.8) is 0 Å². The zero-order chi connectivity index (χ0) is 12.0. The van der Waals surface area contributed by atoms with Crippen molar-refractivity contribution < 1.29 is 0 Å². The van der Waals surface area contributed by atoms with Crippen LogP contribution >= 0.6 is 0 Å². The molecule has 0 saturated carbocycles. The quantitative estimate of drug-likeness (QED) is 0.737. The first kappa shape index (κ1) is 13.9. The molecule has 3 heteroatoms. The zero-order valence-electron chi connectivity index (χ0n) is 11.5. The average molecular weight is 227 g/mol. The van der Waals surface area contributed by atoms with Crippen LogP contribution in [0.25, 0.3) is 0 Å².